The van der Waals surface area contributed by atoms with Crippen LogP contribution in [-0.2, 0) is 11.3 Å². The molecule has 32 heavy (non-hydrogen) atoms. The molecule has 6 nitrogen and oxygen atoms in total. The lowest BCUT2D eigenvalue weighted by Crippen LogP contribution is -2.26. The van der Waals surface area contributed by atoms with E-state index < -0.39 is 18.4 Å². The predicted molar refractivity (Wildman–Crippen MR) is 123 cm³/mol. The molecular formula is C26H29NO5. The second-order valence-electron chi connectivity index (χ2n) is 7.58. The van der Waals surface area contributed by atoms with Gasteiger partial charge in [-0.1, -0.05) is 29.8 Å². The molecule has 0 saturated heterocycles. The molecule has 0 bridgehead atoms. The average molecular weight is 438 g/mol. The van der Waals surface area contributed by atoms with Crippen molar-refractivity contribution >= 4 is 11.9 Å². The molecule has 2 aromatic carbocycles. The molecule has 0 aliphatic rings. The molecule has 6 heteroatoms. The Balaban J connectivity index is 1.72. The van der Waals surface area contributed by atoms with E-state index in [0.717, 1.165) is 16.0 Å². The van der Waals surface area contributed by atoms with Gasteiger partial charge in [0.05, 0.1) is 15.6 Å². The largest absolute Gasteiger partial charge is 0.493 e. The predicted octanol–water partition coefficient (Wildman–Crippen LogP) is 5.55. The number of amides is 1. The van der Waals surface area contributed by atoms with Gasteiger partial charge in [-0.15, -0.1) is 0 Å². The number of aliphatic carboxylic acids is 1. The highest BCUT2D eigenvalue weighted by atomic mass is 16.5. The van der Waals surface area contributed by atoms with Crippen LogP contribution in [-0.4, -0.2) is 35.5 Å². The van der Waals surface area contributed by atoms with Gasteiger partial charge in [0.2, 0.25) is 0 Å². The molecule has 168 valence electrons. The second-order valence-corrected chi connectivity index (χ2v) is 7.58. The molecule has 0 saturated carbocycles. The van der Waals surface area contributed by atoms with Crippen LogP contribution in [0.5, 0.6) is 5.75 Å². The average Bonchev–Trinajstić information content (AvgIpc) is 3.36. The first-order valence-corrected chi connectivity index (χ1v) is 10.6. The first-order chi connectivity index (χ1) is 16.2. The summed E-state index contributed by atoms with van der Waals surface area (Å²) in [6, 6.07) is 15.7. The Morgan fingerprint density at radius 2 is 1.88 bits per heavy atom. The van der Waals surface area contributed by atoms with Crippen LogP contribution < -0.4 is 4.74 Å². The molecule has 1 heterocycles. The number of hydrogen-bond donors (Lipinski definition) is 1. The van der Waals surface area contributed by atoms with E-state index in [1.165, 1.54) is 7.05 Å². The highest BCUT2D eigenvalue weighted by molar-refractivity contribution is 5.94. The summed E-state index contributed by atoms with van der Waals surface area (Å²) in [7, 11) is 1.43. The van der Waals surface area contributed by atoms with Crippen molar-refractivity contribution in [3.63, 3.8) is 0 Å². The fraction of sp³-hybridized carbons (Fsp3) is 0.308. The van der Waals surface area contributed by atoms with Gasteiger partial charge in [-0.2, -0.15) is 0 Å². The molecule has 1 N–H and O–H groups in total. The quantitative estimate of drug-likeness (QED) is 0.398. The van der Waals surface area contributed by atoms with Crippen molar-refractivity contribution in [2.24, 2.45) is 0 Å². The van der Waals surface area contributed by atoms with Gasteiger partial charge in [-0.3, -0.25) is 9.59 Å². The van der Waals surface area contributed by atoms with E-state index in [0.29, 0.717) is 42.9 Å². The van der Waals surface area contributed by atoms with Gasteiger partial charge in [0, 0.05) is 36.7 Å². The minimum Gasteiger partial charge on any atom is -0.493 e. The third kappa shape index (κ3) is 6.48. The zero-order valence-corrected chi connectivity index (χ0v) is 18.3. The Labute approximate surface area is 191 Å². The SMILES string of the molecule is [2H]C([2H])(c1cc(C)ccc1OCCCCCC(=O)O)N(C)C(=O)c1ccc(-c2ccco2)cc1. The van der Waals surface area contributed by atoms with E-state index in [9.17, 15) is 9.59 Å². The number of nitrogens with zero attached hydrogens (tertiary/aromatic N) is 1. The summed E-state index contributed by atoms with van der Waals surface area (Å²) in [6.07, 6.45) is 3.62. The summed E-state index contributed by atoms with van der Waals surface area (Å²) in [5.74, 6) is -0.232. The van der Waals surface area contributed by atoms with Crippen LogP contribution in [0, 0.1) is 6.92 Å². The van der Waals surface area contributed by atoms with Crippen molar-refractivity contribution in [3.8, 4) is 17.1 Å². The number of carbonyl (C=O) groups is 2. The summed E-state index contributed by atoms with van der Waals surface area (Å²) in [4.78, 5) is 24.8. The zero-order chi connectivity index (χ0) is 24.7. The summed E-state index contributed by atoms with van der Waals surface area (Å²) < 4.78 is 28.7. The van der Waals surface area contributed by atoms with Gasteiger partial charge < -0.3 is 19.2 Å². The van der Waals surface area contributed by atoms with Crippen LogP contribution in [0.2, 0.25) is 0 Å². The summed E-state index contributed by atoms with van der Waals surface area (Å²) in [5, 5.41) is 8.73. The number of carbonyl (C=O) groups excluding carboxylic acids is 1. The lowest BCUT2D eigenvalue weighted by atomic mass is 10.1. The van der Waals surface area contributed by atoms with Gasteiger partial charge >= 0.3 is 5.97 Å². The van der Waals surface area contributed by atoms with Crippen LogP contribution >= 0.6 is 0 Å². The molecule has 0 unspecified atom stereocenters. The van der Waals surface area contributed by atoms with E-state index in [-0.39, 0.29) is 12.0 Å². The molecule has 3 aromatic rings. The molecular weight excluding hydrogens is 406 g/mol. The van der Waals surface area contributed by atoms with Crippen LogP contribution in [0.15, 0.2) is 65.3 Å². The molecule has 0 aliphatic carbocycles. The fourth-order valence-corrected chi connectivity index (χ4v) is 3.24. The Kier molecular flexibility index (Phi) is 7.12. The lowest BCUT2D eigenvalue weighted by Gasteiger charge is -2.20. The Morgan fingerprint density at radius 3 is 2.56 bits per heavy atom. The topological polar surface area (TPSA) is 80.0 Å². The zero-order valence-electron chi connectivity index (χ0n) is 20.3. The van der Waals surface area contributed by atoms with E-state index in [4.69, 9.17) is 17.0 Å². The van der Waals surface area contributed by atoms with Crippen molar-refractivity contribution < 1.29 is 26.6 Å². The van der Waals surface area contributed by atoms with Gasteiger partial charge in [0.15, 0.2) is 0 Å². The number of aryl methyl sites for hydroxylation is 1. The maximum atomic E-state index is 13.1. The number of hydrogen-bond acceptors (Lipinski definition) is 4. The third-order valence-corrected chi connectivity index (χ3v) is 4.96. The fourth-order valence-electron chi connectivity index (χ4n) is 3.24. The second kappa shape index (κ2) is 11.2. The minimum absolute atomic E-state index is 0.119. The van der Waals surface area contributed by atoms with Crippen molar-refractivity contribution in [1.29, 1.82) is 0 Å². The van der Waals surface area contributed by atoms with E-state index in [1.807, 2.05) is 19.1 Å². The Hall–Kier alpha value is -3.54. The van der Waals surface area contributed by atoms with Crippen molar-refractivity contribution in [3.05, 3.63) is 77.6 Å². The van der Waals surface area contributed by atoms with Crippen LogP contribution in [0.3, 0.4) is 0 Å². The molecule has 0 spiro atoms. The first-order valence-electron chi connectivity index (χ1n) is 11.6. The van der Waals surface area contributed by atoms with E-state index in [1.54, 1.807) is 48.7 Å². The molecule has 1 amide bonds. The Bertz CT molecular complexity index is 1110. The van der Waals surface area contributed by atoms with Crippen LogP contribution in [0.4, 0.5) is 0 Å². The smallest absolute Gasteiger partial charge is 0.303 e. The number of furan rings is 1. The number of carboxylic acid groups (broad SMARTS) is 1. The van der Waals surface area contributed by atoms with Crippen LogP contribution in [0.1, 0.15) is 49.9 Å². The number of carboxylic acids is 1. The normalized spacial score (nSPS) is 12.1. The molecule has 0 fully saturated rings. The molecule has 3 rings (SSSR count). The maximum Gasteiger partial charge on any atom is 0.303 e. The highest BCUT2D eigenvalue weighted by Crippen LogP contribution is 2.24. The minimum atomic E-state index is -2.12. The Morgan fingerprint density at radius 1 is 1.09 bits per heavy atom. The standard InChI is InChI=1S/C26H29NO5/c1-19-9-14-24(31-15-5-3-4-8-25(28)29)22(17-19)18-27(2)26(30)21-12-10-20(11-13-21)23-7-6-16-32-23/h6-7,9-14,16-17H,3-5,8,15,18H2,1-2H3,(H,28,29)/i18D2. The number of benzene rings is 2. The van der Waals surface area contributed by atoms with E-state index >= 15 is 0 Å². The number of unbranched alkanes of at least 4 members (excludes halogenated alkanes) is 2. The molecule has 0 atom stereocenters. The molecule has 0 radical (unpaired) electrons. The summed E-state index contributed by atoms with van der Waals surface area (Å²) >= 11 is 0. The van der Waals surface area contributed by atoms with Gasteiger partial charge in [0.1, 0.15) is 11.5 Å². The first kappa shape index (κ1) is 20.4. The van der Waals surface area contributed by atoms with Crippen molar-refractivity contribution in [2.75, 3.05) is 13.7 Å². The molecule has 1 aromatic heterocycles. The summed E-state index contributed by atoms with van der Waals surface area (Å²) in [6.45, 7) is 0.0591. The van der Waals surface area contributed by atoms with Gasteiger partial charge in [-0.25, -0.2) is 0 Å². The van der Waals surface area contributed by atoms with Crippen LogP contribution in [0.25, 0.3) is 11.3 Å². The number of ether oxygens (including phenoxy) is 1. The molecule has 0 aliphatic heterocycles. The lowest BCUT2D eigenvalue weighted by molar-refractivity contribution is -0.137. The monoisotopic (exact) mass is 437 g/mol. The van der Waals surface area contributed by atoms with Gasteiger partial charge in [-0.05, 0) is 56.5 Å². The van der Waals surface area contributed by atoms with Crippen molar-refractivity contribution in [1.82, 2.24) is 4.90 Å². The highest BCUT2D eigenvalue weighted by Gasteiger charge is 2.15. The van der Waals surface area contributed by atoms with E-state index in [2.05, 4.69) is 0 Å². The number of rotatable bonds is 11. The van der Waals surface area contributed by atoms with Gasteiger partial charge in [0.25, 0.3) is 5.91 Å². The van der Waals surface area contributed by atoms with Crippen molar-refractivity contribution in [2.45, 2.75) is 39.1 Å². The third-order valence-electron chi connectivity index (χ3n) is 4.96. The maximum absolute atomic E-state index is 13.1. The summed E-state index contributed by atoms with van der Waals surface area (Å²) in [5.41, 5.74) is 2.29.